The highest BCUT2D eigenvalue weighted by Crippen LogP contribution is 2.12. The zero-order valence-corrected chi connectivity index (χ0v) is 13.4. The minimum Gasteiger partial charge on any atom is -0.374 e. The van der Waals surface area contributed by atoms with E-state index in [1.165, 1.54) is 0 Å². The summed E-state index contributed by atoms with van der Waals surface area (Å²) < 4.78 is 16.7. The summed E-state index contributed by atoms with van der Waals surface area (Å²) in [4.78, 5) is 8.77. The Bertz CT molecular complexity index is 442. The minimum absolute atomic E-state index is 0.0721. The average Bonchev–Trinajstić information content (AvgIpc) is 2.42. The molecule has 2 unspecified atom stereocenters. The van der Waals surface area contributed by atoms with Crippen molar-refractivity contribution in [2.75, 3.05) is 36.6 Å². The Kier molecular flexibility index (Phi) is 7.46. The molecule has 0 saturated heterocycles. The van der Waals surface area contributed by atoms with E-state index in [0.717, 1.165) is 18.2 Å². The molecule has 0 spiro atoms. The number of hydrogen-bond donors (Lipinski definition) is 2. The van der Waals surface area contributed by atoms with Crippen molar-refractivity contribution in [2.24, 2.45) is 0 Å². The summed E-state index contributed by atoms with van der Waals surface area (Å²) in [5.41, 5.74) is 0. The first kappa shape index (κ1) is 16.8. The van der Waals surface area contributed by atoms with Crippen LogP contribution in [0, 0.1) is 0 Å². The van der Waals surface area contributed by atoms with Gasteiger partial charge in [0, 0.05) is 48.1 Å². The number of rotatable bonds is 9. The van der Waals surface area contributed by atoms with Crippen LogP contribution in [0.2, 0.25) is 0 Å². The van der Waals surface area contributed by atoms with Crippen molar-refractivity contribution < 1.29 is 8.95 Å². The van der Waals surface area contributed by atoms with E-state index < -0.39 is 10.8 Å². The van der Waals surface area contributed by atoms with Gasteiger partial charge in [-0.15, -0.1) is 0 Å². The second kappa shape index (κ2) is 8.86. The molecule has 0 fully saturated rings. The lowest BCUT2D eigenvalue weighted by molar-refractivity contribution is 0.128. The molecule has 0 bridgehead atoms. The fourth-order valence-electron chi connectivity index (χ4n) is 1.48. The molecule has 6 nitrogen and oxygen atoms in total. The SMILES string of the molecule is CCNc1cc(NCC(C)S(C)=O)nc(COCC)n1. The Labute approximate surface area is 123 Å². The van der Waals surface area contributed by atoms with Crippen LogP contribution in [-0.2, 0) is 22.1 Å². The number of nitrogens with zero attached hydrogens (tertiary/aromatic N) is 2. The van der Waals surface area contributed by atoms with E-state index in [1.54, 1.807) is 6.26 Å². The highest BCUT2D eigenvalue weighted by molar-refractivity contribution is 7.84. The van der Waals surface area contributed by atoms with Crippen molar-refractivity contribution in [3.8, 4) is 0 Å². The molecule has 0 radical (unpaired) electrons. The lowest BCUT2D eigenvalue weighted by Gasteiger charge is -2.13. The minimum atomic E-state index is -0.849. The Morgan fingerprint density at radius 2 is 1.95 bits per heavy atom. The van der Waals surface area contributed by atoms with Crippen LogP contribution in [0.1, 0.15) is 26.6 Å². The summed E-state index contributed by atoms with van der Waals surface area (Å²) in [6.07, 6.45) is 1.71. The van der Waals surface area contributed by atoms with E-state index in [2.05, 4.69) is 20.6 Å². The largest absolute Gasteiger partial charge is 0.374 e. The molecule has 114 valence electrons. The fraction of sp³-hybridized carbons (Fsp3) is 0.692. The van der Waals surface area contributed by atoms with E-state index >= 15 is 0 Å². The van der Waals surface area contributed by atoms with E-state index in [9.17, 15) is 4.21 Å². The Morgan fingerprint density at radius 1 is 1.30 bits per heavy atom. The number of hydrogen-bond acceptors (Lipinski definition) is 6. The molecule has 2 N–H and O–H groups in total. The highest BCUT2D eigenvalue weighted by atomic mass is 32.2. The maximum absolute atomic E-state index is 11.3. The molecule has 0 aliphatic rings. The molecule has 1 rings (SSSR count). The summed E-state index contributed by atoms with van der Waals surface area (Å²) >= 11 is 0. The Balaban J connectivity index is 2.76. The molecular weight excluding hydrogens is 276 g/mol. The Hall–Kier alpha value is -1.21. The fourth-order valence-corrected chi connectivity index (χ4v) is 1.80. The van der Waals surface area contributed by atoms with Gasteiger partial charge in [0.2, 0.25) is 0 Å². The van der Waals surface area contributed by atoms with E-state index in [4.69, 9.17) is 4.74 Å². The molecule has 0 aromatic carbocycles. The first-order chi connectivity index (χ1) is 9.56. The van der Waals surface area contributed by atoms with Gasteiger partial charge in [0.15, 0.2) is 5.82 Å². The molecule has 20 heavy (non-hydrogen) atoms. The van der Waals surface area contributed by atoms with Gasteiger partial charge in [0.25, 0.3) is 0 Å². The van der Waals surface area contributed by atoms with Crippen molar-refractivity contribution in [1.29, 1.82) is 0 Å². The van der Waals surface area contributed by atoms with Crippen LogP contribution in [0.5, 0.6) is 0 Å². The van der Waals surface area contributed by atoms with Crippen LogP contribution in [0.25, 0.3) is 0 Å². The van der Waals surface area contributed by atoms with Gasteiger partial charge in [-0.2, -0.15) is 0 Å². The maximum Gasteiger partial charge on any atom is 0.158 e. The molecule has 2 atom stereocenters. The lowest BCUT2D eigenvalue weighted by atomic mass is 10.4. The normalized spacial score (nSPS) is 13.8. The first-order valence-electron chi connectivity index (χ1n) is 6.82. The first-order valence-corrected chi connectivity index (χ1v) is 8.44. The molecule has 1 aromatic rings. The third-order valence-electron chi connectivity index (χ3n) is 2.70. The summed E-state index contributed by atoms with van der Waals surface area (Å²) in [5, 5.41) is 6.44. The maximum atomic E-state index is 11.3. The van der Waals surface area contributed by atoms with Crippen molar-refractivity contribution in [2.45, 2.75) is 32.6 Å². The Morgan fingerprint density at radius 3 is 2.50 bits per heavy atom. The zero-order chi connectivity index (χ0) is 15.0. The van der Waals surface area contributed by atoms with E-state index in [1.807, 2.05) is 26.8 Å². The van der Waals surface area contributed by atoms with Crippen molar-refractivity contribution in [3.63, 3.8) is 0 Å². The third-order valence-corrected chi connectivity index (χ3v) is 4.00. The van der Waals surface area contributed by atoms with Gasteiger partial charge in [-0.05, 0) is 20.8 Å². The topological polar surface area (TPSA) is 76.1 Å². The summed E-state index contributed by atoms with van der Waals surface area (Å²) in [7, 11) is -0.849. The zero-order valence-electron chi connectivity index (χ0n) is 12.6. The van der Waals surface area contributed by atoms with Gasteiger partial charge in [0.05, 0.1) is 0 Å². The van der Waals surface area contributed by atoms with Crippen molar-refractivity contribution in [3.05, 3.63) is 11.9 Å². The molecule has 0 aliphatic heterocycles. The van der Waals surface area contributed by atoms with Gasteiger partial charge in [-0.1, -0.05) is 0 Å². The predicted octanol–water partition coefficient (Wildman–Crippen LogP) is 1.62. The van der Waals surface area contributed by atoms with Crippen LogP contribution >= 0.6 is 0 Å². The molecular formula is C13H24N4O2S. The van der Waals surface area contributed by atoms with Crippen LogP contribution in [0.4, 0.5) is 11.6 Å². The van der Waals surface area contributed by atoms with Gasteiger partial charge in [0.1, 0.15) is 18.2 Å². The average molecular weight is 300 g/mol. The van der Waals surface area contributed by atoms with Crippen LogP contribution in [-0.4, -0.2) is 45.4 Å². The quantitative estimate of drug-likeness (QED) is 0.722. The second-order valence-electron chi connectivity index (χ2n) is 4.41. The monoisotopic (exact) mass is 300 g/mol. The molecule has 0 saturated carbocycles. The molecule has 1 aromatic heterocycles. The molecule has 0 amide bonds. The molecule has 0 aliphatic carbocycles. The van der Waals surface area contributed by atoms with Gasteiger partial charge >= 0.3 is 0 Å². The van der Waals surface area contributed by atoms with E-state index in [-0.39, 0.29) is 5.25 Å². The number of ether oxygens (including phenoxy) is 1. The summed E-state index contributed by atoms with van der Waals surface area (Å²) in [6.45, 7) is 8.31. The number of nitrogens with one attached hydrogen (secondary N) is 2. The predicted molar refractivity (Wildman–Crippen MR) is 83.5 cm³/mol. The van der Waals surface area contributed by atoms with Crippen molar-refractivity contribution >= 4 is 22.4 Å². The van der Waals surface area contributed by atoms with Crippen LogP contribution in [0.3, 0.4) is 0 Å². The summed E-state index contributed by atoms with van der Waals surface area (Å²) in [5.74, 6) is 2.13. The van der Waals surface area contributed by atoms with Crippen LogP contribution in [0.15, 0.2) is 6.07 Å². The number of anilines is 2. The lowest BCUT2D eigenvalue weighted by Crippen LogP contribution is -2.21. The molecule has 7 heteroatoms. The van der Waals surface area contributed by atoms with Gasteiger partial charge < -0.3 is 15.4 Å². The smallest absolute Gasteiger partial charge is 0.158 e. The highest BCUT2D eigenvalue weighted by Gasteiger charge is 2.08. The third kappa shape index (κ3) is 5.83. The van der Waals surface area contributed by atoms with Crippen molar-refractivity contribution in [1.82, 2.24) is 9.97 Å². The van der Waals surface area contributed by atoms with Gasteiger partial charge in [-0.25, -0.2) is 9.97 Å². The molecule has 1 heterocycles. The summed E-state index contributed by atoms with van der Waals surface area (Å²) in [6, 6.07) is 1.85. The second-order valence-corrected chi connectivity index (χ2v) is 6.21. The van der Waals surface area contributed by atoms with E-state index in [0.29, 0.717) is 25.6 Å². The number of aromatic nitrogens is 2. The van der Waals surface area contributed by atoms with Gasteiger partial charge in [-0.3, -0.25) is 4.21 Å². The van der Waals surface area contributed by atoms with Crippen LogP contribution < -0.4 is 10.6 Å². The standard InChI is InChI=1S/C13H24N4O2S/c1-5-14-11-7-12(15-8-10(3)20(4)18)17-13(16-11)9-19-6-2/h7,10H,5-6,8-9H2,1-4H3,(H2,14,15,16,17).